The van der Waals surface area contributed by atoms with E-state index in [-0.39, 0.29) is 5.69 Å². The lowest BCUT2D eigenvalue weighted by molar-refractivity contribution is 0.0690. The lowest BCUT2D eigenvalue weighted by atomic mass is 10.3. The van der Waals surface area contributed by atoms with Gasteiger partial charge in [-0.15, -0.1) is 0 Å². The van der Waals surface area contributed by atoms with Crippen LogP contribution in [0.4, 0.5) is 16.2 Å². The molecule has 2 rings (SSSR count). The number of amides is 2. The topological polar surface area (TPSA) is 91.3 Å². The molecule has 0 bridgehead atoms. The maximum Gasteiger partial charge on any atom is 0.354 e. The summed E-state index contributed by atoms with van der Waals surface area (Å²) in [6, 6.07) is 6.75. The van der Waals surface area contributed by atoms with Gasteiger partial charge in [-0.3, -0.25) is 0 Å². The number of urea groups is 1. The van der Waals surface area contributed by atoms with Crippen LogP contribution in [0.15, 0.2) is 36.5 Å². The van der Waals surface area contributed by atoms with Crippen LogP contribution in [0.3, 0.4) is 0 Å². The summed E-state index contributed by atoms with van der Waals surface area (Å²) in [4.78, 5) is 26.2. The first kappa shape index (κ1) is 15.1. The highest BCUT2D eigenvalue weighted by molar-refractivity contribution is 6.35. The van der Waals surface area contributed by atoms with Crippen LogP contribution in [-0.2, 0) is 0 Å². The third-order valence-electron chi connectivity index (χ3n) is 2.36. The molecule has 2 amide bonds. The molecule has 0 saturated heterocycles. The monoisotopic (exact) mass is 325 g/mol. The van der Waals surface area contributed by atoms with Gasteiger partial charge in [0.1, 0.15) is 5.69 Å². The van der Waals surface area contributed by atoms with Crippen molar-refractivity contribution in [1.82, 2.24) is 4.98 Å². The smallest absolute Gasteiger partial charge is 0.354 e. The number of aromatic nitrogens is 1. The van der Waals surface area contributed by atoms with E-state index in [9.17, 15) is 9.59 Å². The van der Waals surface area contributed by atoms with E-state index < -0.39 is 12.0 Å². The van der Waals surface area contributed by atoms with Crippen LogP contribution in [0, 0.1) is 0 Å². The Balaban J connectivity index is 2.08. The van der Waals surface area contributed by atoms with Crippen molar-refractivity contribution >= 4 is 46.6 Å². The minimum absolute atomic E-state index is 0.168. The number of carboxylic acid groups (broad SMARTS) is 1. The number of rotatable bonds is 3. The highest BCUT2D eigenvalue weighted by atomic mass is 35.5. The number of hydrogen-bond donors (Lipinski definition) is 3. The summed E-state index contributed by atoms with van der Waals surface area (Å²) in [5.41, 5.74) is 0.545. The zero-order chi connectivity index (χ0) is 15.4. The molecule has 8 heteroatoms. The average Bonchev–Trinajstić information content (AvgIpc) is 2.37. The van der Waals surface area contributed by atoms with Gasteiger partial charge in [0.15, 0.2) is 0 Å². The second-order valence-corrected chi connectivity index (χ2v) is 4.85. The fourth-order valence-corrected chi connectivity index (χ4v) is 2.07. The lowest BCUT2D eigenvalue weighted by Gasteiger charge is -2.08. The SMILES string of the molecule is O=C(Nc1cc(Cl)cc(Cl)c1)Nc1ccnc(C(=O)O)c1. The van der Waals surface area contributed by atoms with Crippen LogP contribution >= 0.6 is 23.2 Å². The van der Waals surface area contributed by atoms with Crippen molar-refractivity contribution in [3.05, 3.63) is 52.3 Å². The van der Waals surface area contributed by atoms with Crippen LogP contribution in [0.25, 0.3) is 0 Å². The summed E-state index contributed by atoms with van der Waals surface area (Å²) in [5, 5.41) is 14.6. The van der Waals surface area contributed by atoms with E-state index in [2.05, 4.69) is 15.6 Å². The molecule has 0 aliphatic carbocycles. The minimum atomic E-state index is -1.18. The molecule has 108 valence electrons. The first-order valence-electron chi connectivity index (χ1n) is 5.67. The average molecular weight is 326 g/mol. The standard InChI is InChI=1S/C13H9Cl2N3O3/c14-7-3-8(15)5-10(4-7)18-13(21)17-9-1-2-16-11(6-9)12(19)20/h1-6H,(H,19,20)(H2,16,17,18,21). The van der Waals surface area contributed by atoms with Gasteiger partial charge in [-0.25, -0.2) is 14.6 Å². The number of anilines is 2. The fraction of sp³-hybridized carbons (Fsp3) is 0. The zero-order valence-corrected chi connectivity index (χ0v) is 11.9. The van der Waals surface area contributed by atoms with E-state index in [1.807, 2.05) is 0 Å². The number of carbonyl (C=O) groups is 2. The molecule has 0 aliphatic rings. The Morgan fingerprint density at radius 3 is 2.24 bits per heavy atom. The van der Waals surface area contributed by atoms with E-state index >= 15 is 0 Å². The van der Waals surface area contributed by atoms with Crippen LogP contribution < -0.4 is 10.6 Å². The van der Waals surface area contributed by atoms with Gasteiger partial charge in [0, 0.05) is 27.6 Å². The maximum absolute atomic E-state index is 11.8. The number of nitrogens with zero attached hydrogens (tertiary/aromatic N) is 1. The number of carboxylic acids is 1. The first-order valence-corrected chi connectivity index (χ1v) is 6.43. The van der Waals surface area contributed by atoms with Crippen molar-refractivity contribution in [2.75, 3.05) is 10.6 Å². The molecule has 0 aliphatic heterocycles. The predicted octanol–water partition coefficient (Wildman–Crippen LogP) is 3.73. The van der Waals surface area contributed by atoms with Crippen molar-refractivity contribution < 1.29 is 14.7 Å². The normalized spacial score (nSPS) is 10.0. The zero-order valence-electron chi connectivity index (χ0n) is 10.4. The number of benzene rings is 1. The largest absolute Gasteiger partial charge is 0.477 e. The molecule has 1 aromatic heterocycles. The molecule has 3 N–H and O–H groups in total. The summed E-state index contributed by atoms with van der Waals surface area (Å²) < 4.78 is 0. The van der Waals surface area contributed by atoms with Crippen molar-refractivity contribution in [2.24, 2.45) is 0 Å². The number of pyridine rings is 1. The van der Waals surface area contributed by atoms with Gasteiger partial charge in [-0.05, 0) is 30.3 Å². The molecule has 2 aromatic rings. The molecule has 6 nitrogen and oxygen atoms in total. The molecule has 0 fully saturated rings. The lowest BCUT2D eigenvalue weighted by Crippen LogP contribution is -2.19. The van der Waals surface area contributed by atoms with Crippen molar-refractivity contribution in [3.63, 3.8) is 0 Å². The number of aromatic carboxylic acids is 1. The number of halogens is 2. The van der Waals surface area contributed by atoms with E-state index in [0.29, 0.717) is 21.4 Å². The van der Waals surface area contributed by atoms with Crippen LogP contribution in [0.1, 0.15) is 10.5 Å². The van der Waals surface area contributed by atoms with Crippen LogP contribution in [0.5, 0.6) is 0 Å². The van der Waals surface area contributed by atoms with Gasteiger partial charge < -0.3 is 15.7 Å². The molecule has 1 aromatic carbocycles. The highest BCUT2D eigenvalue weighted by Crippen LogP contribution is 2.22. The number of hydrogen-bond acceptors (Lipinski definition) is 3. The van der Waals surface area contributed by atoms with Crippen molar-refractivity contribution in [1.29, 1.82) is 0 Å². The van der Waals surface area contributed by atoms with Crippen molar-refractivity contribution in [2.45, 2.75) is 0 Å². The van der Waals surface area contributed by atoms with Gasteiger partial charge in [0.25, 0.3) is 0 Å². The van der Waals surface area contributed by atoms with Crippen LogP contribution in [-0.4, -0.2) is 22.1 Å². The molecule has 0 saturated carbocycles. The van der Waals surface area contributed by atoms with E-state index in [1.54, 1.807) is 0 Å². The molecule has 0 unspecified atom stereocenters. The summed E-state index contributed by atoms with van der Waals surface area (Å²) in [6.45, 7) is 0. The molecule has 0 atom stereocenters. The Bertz CT molecular complexity index is 687. The molecule has 21 heavy (non-hydrogen) atoms. The number of carbonyl (C=O) groups excluding carboxylic acids is 1. The Kier molecular flexibility index (Phi) is 4.62. The minimum Gasteiger partial charge on any atom is -0.477 e. The Morgan fingerprint density at radius 2 is 1.62 bits per heavy atom. The van der Waals surface area contributed by atoms with Gasteiger partial charge in [0.05, 0.1) is 0 Å². The summed E-state index contributed by atoms with van der Waals surface area (Å²) >= 11 is 11.6. The molecular weight excluding hydrogens is 317 g/mol. The predicted molar refractivity (Wildman–Crippen MR) is 80.3 cm³/mol. The second kappa shape index (κ2) is 6.43. The summed E-state index contributed by atoms with van der Waals surface area (Å²) in [6.07, 6.45) is 1.29. The molecule has 1 heterocycles. The van der Waals surface area contributed by atoms with Gasteiger partial charge >= 0.3 is 12.0 Å². The van der Waals surface area contributed by atoms with Gasteiger partial charge in [-0.1, -0.05) is 23.2 Å². The van der Waals surface area contributed by atoms with Crippen molar-refractivity contribution in [3.8, 4) is 0 Å². The third kappa shape index (κ3) is 4.34. The molecular formula is C13H9Cl2N3O3. The maximum atomic E-state index is 11.8. The fourth-order valence-electron chi connectivity index (χ4n) is 1.54. The van der Waals surface area contributed by atoms with Gasteiger partial charge in [-0.2, -0.15) is 0 Å². The first-order chi connectivity index (χ1) is 9.94. The molecule has 0 spiro atoms. The van der Waals surface area contributed by atoms with E-state index in [1.165, 1.54) is 36.5 Å². The van der Waals surface area contributed by atoms with Gasteiger partial charge in [0.2, 0.25) is 0 Å². The Labute approximate surface area is 129 Å². The van der Waals surface area contributed by atoms with E-state index in [4.69, 9.17) is 28.3 Å². The Morgan fingerprint density at radius 1 is 1.00 bits per heavy atom. The summed E-state index contributed by atoms with van der Waals surface area (Å²) in [5.74, 6) is -1.18. The second-order valence-electron chi connectivity index (χ2n) is 3.97. The molecule has 0 radical (unpaired) electrons. The Hall–Kier alpha value is -2.31. The quantitative estimate of drug-likeness (QED) is 0.801. The van der Waals surface area contributed by atoms with Crippen LogP contribution in [0.2, 0.25) is 10.0 Å². The van der Waals surface area contributed by atoms with E-state index in [0.717, 1.165) is 0 Å². The number of nitrogens with one attached hydrogen (secondary N) is 2. The summed E-state index contributed by atoms with van der Waals surface area (Å²) in [7, 11) is 0. The third-order valence-corrected chi connectivity index (χ3v) is 2.79. The highest BCUT2D eigenvalue weighted by Gasteiger charge is 2.08.